The topological polar surface area (TPSA) is 80.5 Å². The maximum Gasteiger partial charge on any atom is 0.264 e. The number of pyridine rings is 1. The predicted molar refractivity (Wildman–Crippen MR) is 98.1 cm³/mol. The lowest BCUT2D eigenvalue weighted by Gasteiger charge is -2.13. The SMILES string of the molecule is CC1=NN(c2ccccc2)C(=O)[C@@H]1C(=O)c1cnc2c(c1)c(C)nn2C. The van der Waals surface area contributed by atoms with Gasteiger partial charge in [0.2, 0.25) is 0 Å². The Balaban J connectivity index is 1.69. The number of para-hydroxylation sites is 1. The van der Waals surface area contributed by atoms with Crippen LogP contribution < -0.4 is 5.01 Å². The molecule has 7 heteroatoms. The van der Waals surface area contributed by atoms with Gasteiger partial charge < -0.3 is 0 Å². The Hall–Kier alpha value is -3.35. The molecule has 1 aliphatic rings. The van der Waals surface area contributed by atoms with Crippen LogP contribution in [0, 0.1) is 12.8 Å². The highest BCUT2D eigenvalue weighted by Gasteiger charge is 2.40. The molecule has 3 heterocycles. The highest BCUT2D eigenvalue weighted by molar-refractivity contribution is 6.30. The summed E-state index contributed by atoms with van der Waals surface area (Å²) < 4.78 is 1.67. The van der Waals surface area contributed by atoms with Gasteiger partial charge in [0.05, 0.1) is 17.1 Å². The summed E-state index contributed by atoms with van der Waals surface area (Å²) in [5.74, 6) is -1.57. The molecule has 26 heavy (non-hydrogen) atoms. The quantitative estimate of drug-likeness (QED) is 0.538. The van der Waals surface area contributed by atoms with Crippen molar-refractivity contribution in [3.63, 3.8) is 0 Å². The number of aromatic nitrogens is 3. The smallest absolute Gasteiger partial charge is 0.264 e. The number of aryl methyl sites for hydroxylation is 2. The number of carbonyl (C=O) groups excluding carboxylic acids is 2. The number of benzene rings is 1. The third kappa shape index (κ3) is 2.40. The van der Waals surface area contributed by atoms with Crippen LogP contribution in [-0.4, -0.2) is 32.2 Å². The van der Waals surface area contributed by atoms with E-state index in [1.165, 1.54) is 11.2 Å². The first-order chi connectivity index (χ1) is 12.5. The summed E-state index contributed by atoms with van der Waals surface area (Å²) in [6.07, 6.45) is 1.50. The van der Waals surface area contributed by atoms with Crippen LogP contribution in [0.15, 0.2) is 47.7 Å². The van der Waals surface area contributed by atoms with Gasteiger partial charge in [-0.25, -0.2) is 4.98 Å². The molecule has 1 aromatic carbocycles. The van der Waals surface area contributed by atoms with Gasteiger partial charge in [-0.3, -0.25) is 14.3 Å². The summed E-state index contributed by atoms with van der Waals surface area (Å²) in [4.78, 5) is 30.2. The van der Waals surface area contributed by atoms with Crippen molar-refractivity contribution in [2.75, 3.05) is 5.01 Å². The van der Waals surface area contributed by atoms with Crippen molar-refractivity contribution in [2.24, 2.45) is 18.1 Å². The Morgan fingerprint density at radius 2 is 1.88 bits per heavy atom. The van der Waals surface area contributed by atoms with Crippen LogP contribution in [-0.2, 0) is 11.8 Å². The number of ketones is 1. The Labute approximate surface area is 149 Å². The van der Waals surface area contributed by atoms with E-state index in [0.29, 0.717) is 22.6 Å². The second kappa shape index (κ2) is 5.87. The van der Waals surface area contributed by atoms with Gasteiger partial charge in [0.1, 0.15) is 5.92 Å². The minimum atomic E-state index is -0.925. The lowest BCUT2D eigenvalue weighted by molar-refractivity contribution is -0.118. The minimum absolute atomic E-state index is 0.299. The molecular formula is C19H17N5O2. The van der Waals surface area contributed by atoms with Gasteiger partial charge in [0, 0.05) is 24.2 Å². The molecule has 0 N–H and O–H groups in total. The number of hydrazone groups is 1. The number of hydrogen-bond donors (Lipinski definition) is 0. The first-order valence-corrected chi connectivity index (χ1v) is 8.25. The van der Waals surface area contributed by atoms with Crippen molar-refractivity contribution >= 4 is 34.1 Å². The molecule has 0 fully saturated rings. The summed E-state index contributed by atoms with van der Waals surface area (Å²) in [5.41, 5.74) is 3.00. The molecule has 1 aliphatic heterocycles. The summed E-state index contributed by atoms with van der Waals surface area (Å²) in [7, 11) is 1.80. The van der Waals surface area contributed by atoms with E-state index < -0.39 is 5.92 Å². The molecule has 4 rings (SSSR count). The van der Waals surface area contributed by atoms with Crippen LogP contribution in [0.2, 0.25) is 0 Å². The Morgan fingerprint density at radius 1 is 1.15 bits per heavy atom. The van der Waals surface area contributed by atoms with Crippen LogP contribution in [0.1, 0.15) is 23.0 Å². The van der Waals surface area contributed by atoms with Crippen LogP contribution in [0.4, 0.5) is 5.69 Å². The van der Waals surface area contributed by atoms with Gasteiger partial charge in [0.25, 0.3) is 5.91 Å². The number of fused-ring (bicyclic) bond motifs is 1. The van der Waals surface area contributed by atoms with Gasteiger partial charge >= 0.3 is 0 Å². The number of amides is 1. The number of nitrogens with zero attached hydrogens (tertiary/aromatic N) is 5. The summed E-state index contributed by atoms with van der Waals surface area (Å²) >= 11 is 0. The first-order valence-electron chi connectivity index (χ1n) is 8.25. The van der Waals surface area contributed by atoms with E-state index in [1.807, 2.05) is 25.1 Å². The standard InChI is InChI=1S/C19H17N5O2/c1-11-15-9-13(10-20-18(15)23(3)21-11)17(25)16-12(2)22-24(19(16)26)14-7-5-4-6-8-14/h4-10,16H,1-3H3/t16-/m0/s1. The third-order valence-corrected chi connectivity index (χ3v) is 4.54. The van der Waals surface area contributed by atoms with E-state index in [2.05, 4.69) is 15.2 Å². The van der Waals surface area contributed by atoms with E-state index in [0.717, 1.165) is 11.1 Å². The lowest BCUT2D eigenvalue weighted by Crippen LogP contribution is -2.32. The second-order valence-electron chi connectivity index (χ2n) is 6.33. The van der Waals surface area contributed by atoms with Gasteiger partial charge in [-0.05, 0) is 32.0 Å². The van der Waals surface area contributed by atoms with Gasteiger partial charge in [0.15, 0.2) is 11.4 Å². The predicted octanol–water partition coefficient (Wildman–Crippen LogP) is 2.50. The first kappa shape index (κ1) is 16.1. The molecule has 7 nitrogen and oxygen atoms in total. The van der Waals surface area contributed by atoms with E-state index in [-0.39, 0.29) is 11.7 Å². The lowest BCUT2D eigenvalue weighted by atomic mass is 9.94. The molecular weight excluding hydrogens is 330 g/mol. The maximum absolute atomic E-state index is 13.0. The molecule has 0 spiro atoms. The van der Waals surface area contributed by atoms with Gasteiger partial charge in [-0.2, -0.15) is 15.2 Å². The van der Waals surface area contributed by atoms with Crippen molar-refractivity contribution in [1.82, 2.24) is 14.8 Å². The molecule has 0 saturated carbocycles. The highest BCUT2D eigenvalue weighted by Crippen LogP contribution is 2.27. The Bertz CT molecular complexity index is 1070. The monoisotopic (exact) mass is 347 g/mol. The number of anilines is 1. The zero-order chi connectivity index (χ0) is 18.4. The molecule has 2 aromatic heterocycles. The van der Waals surface area contributed by atoms with E-state index in [4.69, 9.17) is 0 Å². The van der Waals surface area contributed by atoms with E-state index in [1.54, 1.807) is 36.9 Å². The van der Waals surface area contributed by atoms with Crippen LogP contribution in [0.25, 0.3) is 11.0 Å². The van der Waals surface area contributed by atoms with Gasteiger partial charge in [-0.1, -0.05) is 18.2 Å². The normalized spacial score (nSPS) is 17.0. The number of rotatable bonds is 3. The van der Waals surface area contributed by atoms with Crippen LogP contribution >= 0.6 is 0 Å². The molecule has 3 aromatic rings. The fraction of sp³-hybridized carbons (Fsp3) is 0.211. The van der Waals surface area contributed by atoms with Gasteiger partial charge in [-0.15, -0.1) is 0 Å². The number of carbonyl (C=O) groups is 2. The zero-order valence-electron chi connectivity index (χ0n) is 14.7. The van der Waals surface area contributed by atoms with E-state index in [9.17, 15) is 9.59 Å². The summed E-state index contributed by atoms with van der Waals surface area (Å²) in [5, 5.41) is 10.7. The molecule has 0 saturated heterocycles. The average Bonchev–Trinajstić information content (AvgIpc) is 3.10. The highest BCUT2D eigenvalue weighted by atomic mass is 16.2. The maximum atomic E-state index is 13.0. The Kier molecular flexibility index (Phi) is 3.64. The van der Waals surface area contributed by atoms with Crippen molar-refractivity contribution in [1.29, 1.82) is 0 Å². The number of Topliss-reactive ketones (excluding diaryl/α,β-unsaturated/α-hetero) is 1. The molecule has 0 bridgehead atoms. The Morgan fingerprint density at radius 3 is 2.62 bits per heavy atom. The summed E-state index contributed by atoms with van der Waals surface area (Å²) in [6, 6.07) is 10.8. The molecule has 1 atom stereocenters. The molecule has 0 aliphatic carbocycles. The molecule has 0 unspecified atom stereocenters. The fourth-order valence-electron chi connectivity index (χ4n) is 3.23. The van der Waals surface area contributed by atoms with Crippen molar-refractivity contribution < 1.29 is 9.59 Å². The third-order valence-electron chi connectivity index (χ3n) is 4.54. The minimum Gasteiger partial charge on any atom is -0.293 e. The van der Waals surface area contributed by atoms with Crippen LogP contribution in [0.5, 0.6) is 0 Å². The largest absolute Gasteiger partial charge is 0.293 e. The van der Waals surface area contributed by atoms with Crippen LogP contribution in [0.3, 0.4) is 0 Å². The van der Waals surface area contributed by atoms with Crippen molar-refractivity contribution in [3.8, 4) is 0 Å². The molecule has 0 radical (unpaired) electrons. The van der Waals surface area contributed by atoms with Crippen molar-refractivity contribution in [3.05, 3.63) is 53.9 Å². The van der Waals surface area contributed by atoms with Crippen molar-refractivity contribution in [2.45, 2.75) is 13.8 Å². The second-order valence-corrected chi connectivity index (χ2v) is 6.33. The van der Waals surface area contributed by atoms with E-state index >= 15 is 0 Å². The molecule has 130 valence electrons. The zero-order valence-corrected chi connectivity index (χ0v) is 14.7. The summed E-state index contributed by atoms with van der Waals surface area (Å²) in [6.45, 7) is 3.56. The molecule has 1 amide bonds. The number of hydrogen-bond acceptors (Lipinski definition) is 5. The average molecular weight is 347 g/mol. The fourth-order valence-corrected chi connectivity index (χ4v) is 3.23.